The third-order valence-electron chi connectivity index (χ3n) is 2.62. The van der Waals surface area contributed by atoms with E-state index in [4.69, 9.17) is 11.6 Å². The predicted octanol–water partition coefficient (Wildman–Crippen LogP) is 3.46. The first-order valence-electron chi connectivity index (χ1n) is 5.74. The van der Waals surface area contributed by atoms with Crippen LogP contribution < -0.4 is 5.32 Å². The summed E-state index contributed by atoms with van der Waals surface area (Å²) in [5.41, 5.74) is 2.88. The van der Waals surface area contributed by atoms with Gasteiger partial charge in [-0.15, -0.1) is 11.6 Å². The van der Waals surface area contributed by atoms with Crippen LogP contribution in [0, 0.1) is 0 Å². The second kappa shape index (κ2) is 6.57. The second-order valence-electron chi connectivity index (χ2n) is 3.97. The standard InChI is InChI=1S/C14H14ClNOS/c15-9-12-2-1-3-13(8-12)14(17)16-6-4-11-5-7-18-10-11/h1-3,5,7-8,10H,4,6,9H2,(H,16,17). The minimum Gasteiger partial charge on any atom is -0.352 e. The molecule has 0 fully saturated rings. The van der Waals surface area contributed by atoms with Crippen molar-refractivity contribution < 1.29 is 4.79 Å². The van der Waals surface area contributed by atoms with Crippen molar-refractivity contribution in [2.75, 3.05) is 6.54 Å². The molecule has 0 radical (unpaired) electrons. The van der Waals surface area contributed by atoms with Crippen LogP contribution in [0.2, 0.25) is 0 Å². The van der Waals surface area contributed by atoms with Crippen LogP contribution in [0.5, 0.6) is 0 Å². The van der Waals surface area contributed by atoms with Crippen LogP contribution in [0.25, 0.3) is 0 Å². The van der Waals surface area contributed by atoms with Crippen molar-refractivity contribution in [3.05, 3.63) is 57.8 Å². The van der Waals surface area contributed by atoms with Gasteiger partial charge in [0.1, 0.15) is 0 Å². The SMILES string of the molecule is O=C(NCCc1ccsc1)c1cccc(CCl)c1. The number of alkyl halides is 1. The average Bonchev–Trinajstić information content (AvgIpc) is 2.92. The maximum atomic E-state index is 11.9. The van der Waals surface area contributed by atoms with Crippen LogP contribution in [0.4, 0.5) is 0 Å². The van der Waals surface area contributed by atoms with Gasteiger partial charge in [0.15, 0.2) is 0 Å². The Kier molecular flexibility index (Phi) is 4.79. The number of rotatable bonds is 5. The fourth-order valence-electron chi connectivity index (χ4n) is 1.65. The lowest BCUT2D eigenvalue weighted by Crippen LogP contribution is -2.25. The minimum absolute atomic E-state index is 0.0443. The number of hydrogen-bond donors (Lipinski definition) is 1. The van der Waals surface area contributed by atoms with E-state index in [0.717, 1.165) is 12.0 Å². The molecule has 0 unspecified atom stereocenters. The summed E-state index contributed by atoms with van der Waals surface area (Å²) in [7, 11) is 0. The molecule has 0 aliphatic rings. The molecule has 1 amide bonds. The van der Waals surface area contributed by atoms with Crippen molar-refractivity contribution in [3.63, 3.8) is 0 Å². The number of thiophene rings is 1. The number of amides is 1. The average molecular weight is 280 g/mol. The zero-order valence-corrected chi connectivity index (χ0v) is 11.4. The lowest BCUT2D eigenvalue weighted by Gasteiger charge is -2.05. The zero-order valence-electron chi connectivity index (χ0n) is 9.86. The van der Waals surface area contributed by atoms with Gasteiger partial charge in [0.05, 0.1) is 0 Å². The Morgan fingerprint density at radius 3 is 2.89 bits per heavy atom. The molecular weight excluding hydrogens is 266 g/mol. The number of carbonyl (C=O) groups is 1. The summed E-state index contributed by atoms with van der Waals surface area (Å²) < 4.78 is 0. The predicted molar refractivity (Wildman–Crippen MR) is 76.4 cm³/mol. The summed E-state index contributed by atoms with van der Waals surface area (Å²) in [4.78, 5) is 11.9. The summed E-state index contributed by atoms with van der Waals surface area (Å²) in [6, 6.07) is 9.47. The number of carbonyl (C=O) groups excluding carboxylic acids is 1. The van der Waals surface area contributed by atoms with Gasteiger partial charge in [-0.3, -0.25) is 4.79 Å². The highest BCUT2D eigenvalue weighted by Gasteiger charge is 2.05. The van der Waals surface area contributed by atoms with Crippen molar-refractivity contribution in [3.8, 4) is 0 Å². The second-order valence-corrected chi connectivity index (χ2v) is 5.02. The highest BCUT2D eigenvalue weighted by molar-refractivity contribution is 7.07. The normalized spacial score (nSPS) is 10.3. The quantitative estimate of drug-likeness (QED) is 0.835. The van der Waals surface area contributed by atoms with Gasteiger partial charge in [-0.05, 0) is 46.5 Å². The summed E-state index contributed by atoms with van der Waals surface area (Å²) >= 11 is 7.42. The molecule has 0 spiro atoms. The number of halogens is 1. The van der Waals surface area contributed by atoms with E-state index in [0.29, 0.717) is 18.0 Å². The number of nitrogens with one attached hydrogen (secondary N) is 1. The van der Waals surface area contributed by atoms with Gasteiger partial charge in [0, 0.05) is 18.0 Å². The highest BCUT2D eigenvalue weighted by Crippen LogP contribution is 2.08. The molecule has 1 N–H and O–H groups in total. The molecule has 0 atom stereocenters. The van der Waals surface area contributed by atoms with Gasteiger partial charge >= 0.3 is 0 Å². The molecule has 0 saturated carbocycles. The smallest absolute Gasteiger partial charge is 0.251 e. The van der Waals surface area contributed by atoms with E-state index in [1.165, 1.54) is 5.56 Å². The van der Waals surface area contributed by atoms with Gasteiger partial charge in [-0.25, -0.2) is 0 Å². The molecule has 1 aromatic carbocycles. The van der Waals surface area contributed by atoms with Crippen LogP contribution in [-0.2, 0) is 12.3 Å². The molecule has 0 saturated heterocycles. The molecule has 0 aliphatic carbocycles. The van der Waals surface area contributed by atoms with Gasteiger partial charge < -0.3 is 5.32 Å². The number of benzene rings is 1. The summed E-state index contributed by atoms with van der Waals surface area (Å²) in [5, 5.41) is 7.05. The van der Waals surface area contributed by atoms with E-state index >= 15 is 0 Å². The van der Waals surface area contributed by atoms with E-state index in [9.17, 15) is 4.79 Å². The summed E-state index contributed by atoms with van der Waals surface area (Å²) in [6.45, 7) is 0.653. The Bertz CT molecular complexity index is 510. The first-order chi connectivity index (χ1) is 8.79. The van der Waals surface area contributed by atoms with Crippen LogP contribution in [-0.4, -0.2) is 12.5 Å². The minimum atomic E-state index is -0.0443. The summed E-state index contributed by atoms with van der Waals surface area (Å²) in [6.07, 6.45) is 0.866. The zero-order chi connectivity index (χ0) is 12.8. The first-order valence-corrected chi connectivity index (χ1v) is 7.21. The van der Waals surface area contributed by atoms with Crippen LogP contribution in [0.3, 0.4) is 0 Å². The van der Waals surface area contributed by atoms with Crippen molar-refractivity contribution in [2.45, 2.75) is 12.3 Å². The third-order valence-corrected chi connectivity index (χ3v) is 3.66. The van der Waals surface area contributed by atoms with Gasteiger partial charge in [-0.2, -0.15) is 11.3 Å². The number of hydrogen-bond acceptors (Lipinski definition) is 2. The Hall–Kier alpha value is -1.32. The maximum absolute atomic E-state index is 11.9. The summed E-state index contributed by atoms with van der Waals surface area (Å²) in [5.74, 6) is 0.382. The Morgan fingerprint density at radius 1 is 1.28 bits per heavy atom. The van der Waals surface area contributed by atoms with E-state index in [1.54, 1.807) is 17.4 Å². The van der Waals surface area contributed by atoms with Crippen LogP contribution >= 0.6 is 22.9 Å². The Labute approximate surface area is 116 Å². The Morgan fingerprint density at radius 2 is 2.17 bits per heavy atom. The third kappa shape index (κ3) is 3.59. The maximum Gasteiger partial charge on any atom is 0.251 e. The van der Waals surface area contributed by atoms with Crippen molar-refractivity contribution in [2.24, 2.45) is 0 Å². The van der Waals surface area contributed by atoms with E-state index in [-0.39, 0.29) is 5.91 Å². The molecule has 18 heavy (non-hydrogen) atoms. The topological polar surface area (TPSA) is 29.1 Å². The van der Waals surface area contributed by atoms with Crippen molar-refractivity contribution in [1.82, 2.24) is 5.32 Å². The van der Waals surface area contributed by atoms with Crippen LogP contribution in [0.1, 0.15) is 21.5 Å². The molecule has 1 heterocycles. The Balaban J connectivity index is 1.87. The lowest BCUT2D eigenvalue weighted by atomic mass is 10.1. The lowest BCUT2D eigenvalue weighted by molar-refractivity contribution is 0.0954. The van der Waals surface area contributed by atoms with Crippen molar-refractivity contribution in [1.29, 1.82) is 0 Å². The molecule has 94 valence electrons. The van der Waals surface area contributed by atoms with E-state index in [1.807, 2.05) is 23.6 Å². The van der Waals surface area contributed by atoms with Gasteiger partial charge in [0.25, 0.3) is 5.91 Å². The molecule has 0 bridgehead atoms. The van der Waals surface area contributed by atoms with Gasteiger partial charge in [-0.1, -0.05) is 12.1 Å². The molecular formula is C14H14ClNOS. The molecule has 4 heteroatoms. The monoisotopic (exact) mass is 279 g/mol. The first kappa shape index (κ1) is 13.1. The largest absolute Gasteiger partial charge is 0.352 e. The molecule has 0 aliphatic heterocycles. The van der Waals surface area contributed by atoms with E-state index in [2.05, 4.69) is 16.8 Å². The van der Waals surface area contributed by atoms with Crippen molar-refractivity contribution >= 4 is 28.8 Å². The fraction of sp³-hybridized carbons (Fsp3) is 0.214. The van der Waals surface area contributed by atoms with E-state index < -0.39 is 0 Å². The van der Waals surface area contributed by atoms with Gasteiger partial charge in [0.2, 0.25) is 0 Å². The molecule has 2 aromatic rings. The highest BCUT2D eigenvalue weighted by atomic mass is 35.5. The molecule has 2 rings (SSSR count). The van der Waals surface area contributed by atoms with Crippen LogP contribution in [0.15, 0.2) is 41.1 Å². The fourth-order valence-corrected chi connectivity index (χ4v) is 2.52. The molecule has 2 nitrogen and oxygen atoms in total. The molecule has 1 aromatic heterocycles.